The lowest BCUT2D eigenvalue weighted by atomic mass is 9.82. The molecule has 13 heteroatoms. The number of ketones is 2. The van der Waals surface area contributed by atoms with E-state index in [1.165, 1.54) is 19.1 Å². The molecule has 0 aromatic carbocycles. The van der Waals surface area contributed by atoms with E-state index in [0.29, 0.717) is 44.1 Å². The standard InChI is InChI=1S/C43H68ClNO11/c1-10-30-18-24(2)17-25(3)19-36(53-8)39-37(54-9)21-27(5)43(51,56-39)40(48)41(49)45-16-12-11-13-32(45)42(50)55-38(28(6)33(46)23-34(30)47)26(4)20-29-14-15-31(44)35(22-29)52-7/h18,20,25,27-33,35-39,46,51H,10-17,19,21-23H2,1-9H3/b24-18+,26-20+/t25-,27+,28+,29-,30?,31-,32-,33-,35+,36-,37-,38?,39+,43+/m1/s1. The number of alkyl halides is 1. The van der Waals surface area contributed by atoms with Gasteiger partial charge < -0.3 is 38.8 Å². The molecule has 2 saturated heterocycles. The molecule has 2 unspecified atom stereocenters. The number of carbonyl (C=O) groups excluding carboxylic acids is 4. The Hall–Kier alpha value is -2.19. The lowest BCUT2D eigenvalue weighted by Crippen LogP contribution is -2.64. The molecule has 2 bridgehead atoms. The Balaban J connectivity index is 1.76. The third-order valence-corrected chi connectivity index (χ3v) is 13.3. The number of rotatable bonds is 6. The maximum atomic E-state index is 14.3. The van der Waals surface area contributed by atoms with E-state index in [0.717, 1.165) is 18.4 Å². The second kappa shape index (κ2) is 20.7. The van der Waals surface area contributed by atoms with Gasteiger partial charge in [0.25, 0.3) is 11.7 Å². The van der Waals surface area contributed by atoms with Crippen molar-refractivity contribution >= 4 is 35.0 Å². The highest BCUT2D eigenvalue weighted by Crippen LogP contribution is 2.39. The van der Waals surface area contributed by atoms with Crippen LogP contribution in [-0.4, -0.2) is 120 Å². The molecule has 12 nitrogen and oxygen atoms in total. The second-order valence-corrected chi connectivity index (χ2v) is 17.7. The Morgan fingerprint density at radius 3 is 2.27 bits per heavy atom. The molecule has 0 aromatic rings. The van der Waals surface area contributed by atoms with Gasteiger partial charge in [-0.15, -0.1) is 11.6 Å². The average Bonchev–Trinajstić information content (AvgIpc) is 3.18. The van der Waals surface area contributed by atoms with Gasteiger partial charge in [0, 0.05) is 52.0 Å². The van der Waals surface area contributed by atoms with Crippen LogP contribution >= 0.6 is 11.6 Å². The SMILES string of the molecule is CCC1/C=C(\C)C[C@@H](C)C[C@@H](OC)[C@@H]2O[C@](O)(C(=O)C(=O)N3CCCC[C@@H]3C(=O)OC(/C(C)=C/[C@H]3CC[C@@H](Cl)[C@@H](OC)C3)[C@@H](C)[C@H](O)CC1=O)[C@@H](C)C[C@H]2OC. The number of piperidine rings is 1. The van der Waals surface area contributed by atoms with Gasteiger partial charge in [0.1, 0.15) is 24.0 Å². The minimum Gasteiger partial charge on any atom is -0.456 e. The molecule has 4 rings (SSSR count). The van der Waals surface area contributed by atoms with Crippen molar-refractivity contribution in [2.75, 3.05) is 27.9 Å². The zero-order valence-electron chi connectivity index (χ0n) is 35.0. The van der Waals surface area contributed by atoms with Crippen molar-refractivity contribution in [3.8, 4) is 0 Å². The van der Waals surface area contributed by atoms with Crippen molar-refractivity contribution in [2.45, 2.75) is 166 Å². The Bertz CT molecular complexity index is 1440. The molecule has 0 aromatic heterocycles. The summed E-state index contributed by atoms with van der Waals surface area (Å²) in [5.74, 6) is -7.31. The number of Topliss-reactive ketones (excluding diaryl/α,β-unsaturated/α-hetero) is 2. The molecular formula is C43H68ClNO11. The first-order chi connectivity index (χ1) is 26.5. The molecule has 14 atom stereocenters. The Kier molecular flexibility index (Phi) is 17.2. The first-order valence-electron chi connectivity index (χ1n) is 20.7. The van der Waals surface area contributed by atoms with Gasteiger partial charge in [0.2, 0.25) is 5.79 Å². The highest BCUT2D eigenvalue weighted by Gasteiger charge is 2.56. The van der Waals surface area contributed by atoms with Crippen LogP contribution in [0.3, 0.4) is 0 Å². The summed E-state index contributed by atoms with van der Waals surface area (Å²) < 4.78 is 29.9. The molecule has 3 heterocycles. The highest BCUT2D eigenvalue weighted by atomic mass is 35.5. The smallest absolute Gasteiger partial charge is 0.329 e. The van der Waals surface area contributed by atoms with Gasteiger partial charge in [-0.05, 0) is 95.5 Å². The van der Waals surface area contributed by atoms with E-state index in [2.05, 4.69) is 6.92 Å². The minimum atomic E-state index is -2.49. The van der Waals surface area contributed by atoms with Crippen LogP contribution < -0.4 is 0 Å². The van der Waals surface area contributed by atoms with Gasteiger partial charge in [0.05, 0.1) is 29.8 Å². The minimum absolute atomic E-state index is 0.0425. The summed E-state index contributed by atoms with van der Waals surface area (Å²) in [5.41, 5.74) is 1.71. The predicted octanol–water partition coefficient (Wildman–Crippen LogP) is 5.72. The normalized spacial score (nSPS) is 41.6. The van der Waals surface area contributed by atoms with E-state index in [4.69, 9.17) is 35.3 Å². The number of esters is 1. The van der Waals surface area contributed by atoms with E-state index in [1.54, 1.807) is 21.0 Å². The van der Waals surface area contributed by atoms with Crippen molar-refractivity contribution in [1.82, 2.24) is 4.90 Å². The maximum absolute atomic E-state index is 14.3. The van der Waals surface area contributed by atoms with Crippen LogP contribution in [0.15, 0.2) is 23.3 Å². The number of cyclic esters (lactones) is 1. The van der Waals surface area contributed by atoms with Crippen molar-refractivity contribution in [2.24, 2.45) is 29.6 Å². The molecule has 3 fully saturated rings. The molecule has 56 heavy (non-hydrogen) atoms. The molecule has 3 aliphatic heterocycles. The zero-order chi connectivity index (χ0) is 41.5. The number of aliphatic hydroxyl groups is 2. The lowest BCUT2D eigenvalue weighted by molar-refractivity contribution is -0.302. The fourth-order valence-electron chi connectivity index (χ4n) is 9.36. The third-order valence-electron chi connectivity index (χ3n) is 12.8. The Morgan fingerprint density at radius 1 is 0.964 bits per heavy atom. The largest absolute Gasteiger partial charge is 0.456 e. The fourth-order valence-corrected chi connectivity index (χ4v) is 9.69. The number of allylic oxidation sites excluding steroid dienone is 3. The summed E-state index contributed by atoms with van der Waals surface area (Å²) in [6, 6.07) is -1.12. The van der Waals surface area contributed by atoms with Crippen LogP contribution in [0.2, 0.25) is 0 Å². The number of halogens is 1. The molecule has 0 radical (unpaired) electrons. The molecular weight excluding hydrogens is 742 g/mol. The second-order valence-electron chi connectivity index (χ2n) is 17.1. The number of carbonyl (C=O) groups is 4. The average molecular weight is 810 g/mol. The van der Waals surface area contributed by atoms with Crippen LogP contribution in [0.4, 0.5) is 0 Å². The van der Waals surface area contributed by atoms with Gasteiger partial charge in [-0.25, -0.2) is 4.79 Å². The Labute approximate surface area is 339 Å². The van der Waals surface area contributed by atoms with Crippen molar-refractivity contribution in [3.05, 3.63) is 23.3 Å². The lowest BCUT2D eigenvalue weighted by Gasteiger charge is -2.47. The molecule has 1 aliphatic carbocycles. The number of hydrogen-bond donors (Lipinski definition) is 2. The van der Waals surface area contributed by atoms with Gasteiger partial charge in [-0.1, -0.05) is 45.4 Å². The molecule has 1 amide bonds. The summed E-state index contributed by atoms with van der Waals surface area (Å²) in [7, 11) is 4.71. The third kappa shape index (κ3) is 10.9. The number of ether oxygens (including phenoxy) is 5. The summed E-state index contributed by atoms with van der Waals surface area (Å²) in [4.78, 5) is 57.7. The fraction of sp³-hybridized carbons (Fsp3) is 0.814. The number of amides is 1. The van der Waals surface area contributed by atoms with Crippen molar-refractivity contribution in [1.29, 1.82) is 0 Å². The first kappa shape index (κ1) is 46.5. The number of fused-ring (bicyclic) bond motifs is 3. The summed E-state index contributed by atoms with van der Waals surface area (Å²) >= 11 is 6.52. The van der Waals surface area contributed by atoms with Gasteiger partial charge in [-0.3, -0.25) is 14.4 Å². The predicted molar refractivity (Wildman–Crippen MR) is 212 cm³/mol. The van der Waals surface area contributed by atoms with E-state index >= 15 is 0 Å². The zero-order valence-corrected chi connectivity index (χ0v) is 35.8. The number of hydrogen-bond acceptors (Lipinski definition) is 11. The molecule has 4 aliphatic rings. The van der Waals surface area contributed by atoms with E-state index in [-0.39, 0.29) is 54.9 Å². The van der Waals surface area contributed by atoms with Gasteiger partial charge in [0.15, 0.2) is 0 Å². The van der Waals surface area contributed by atoms with E-state index < -0.39 is 77.8 Å². The van der Waals surface area contributed by atoms with Crippen LogP contribution in [0.25, 0.3) is 0 Å². The molecule has 2 N–H and O–H groups in total. The van der Waals surface area contributed by atoms with Crippen molar-refractivity contribution in [3.63, 3.8) is 0 Å². The number of methoxy groups -OCH3 is 3. The summed E-state index contributed by atoms with van der Waals surface area (Å²) in [6.07, 6.45) is 5.16. The number of aliphatic hydroxyl groups excluding tert-OH is 1. The van der Waals surface area contributed by atoms with Crippen LogP contribution in [0.1, 0.15) is 112 Å². The molecule has 1 saturated carbocycles. The number of nitrogens with zero attached hydrogens (tertiary/aromatic N) is 1. The van der Waals surface area contributed by atoms with Crippen LogP contribution in [-0.2, 0) is 42.9 Å². The topological polar surface area (TPSA) is 158 Å². The molecule has 0 spiro atoms. The Morgan fingerprint density at radius 2 is 1.62 bits per heavy atom. The first-order valence-corrected chi connectivity index (χ1v) is 21.2. The van der Waals surface area contributed by atoms with E-state index in [9.17, 15) is 29.4 Å². The highest BCUT2D eigenvalue weighted by molar-refractivity contribution is 6.39. The van der Waals surface area contributed by atoms with Crippen molar-refractivity contribution < 1.29 is 53.1 Å². The maximum Gasteiger partial charge on any atom is 0.329 e. The molecule has 318 valence electrons. The monoisotopic (exact) mass is 809 g/mol. The van der Waals surface area contributed by atoms with E-state index in [1.807, 2.05) is 32.9 Å². The van der Waals surface area contributed by atoms with Crippen LogP contribution in [0, 0.1) is 29.6 Å². The van der Waals surface area contributed by atoms with Crippen LogP contribution in [0.5, 0.6) is 0 Å². The summed E-state index contributed by atoms with van der Waals surface area (Å²) in [6.45, 7) is 11.3. The quantitative estimate of drug-likeness (QED) is 0.146. The van der Waals surface area contributed by atoms with Gasteiger partial charge >= 0.3 is 5.97 Å². The summed E-state index contributed by atoms with van der Waals surface area (Å²) in [5, 5.41) is 23.6. The van der Waals surface area contributed by atoms with Gasteiger partial charge in [-0.2, -0.15) is 0 Å².